The summed E-state index contributed by atoms with van der Waals surface area (Å²) in [5.74, 6) is -1.63. The minimum Gasteiger partial charge on any atom is -0.325 e. The number of halogens is 3. The van der Waals surface area contributed by atoms with Crippen molar-refractivity contribution in [3.63, 3.8) is 0 Å². The molecule has 1 aromatic heterocycles. The number of nitrogens with zero attached hydrogens (tertiary/aromatic N) is 2. The number of nitrogens with two attached hydrogens (primary N) is 1. The van der Waals surface area contributed by atoms with Crippen molar-refractivity contribution in [3.8, 4) is 0 Å². The van der Waals surface area contributed by atoms with E-state index in [9.17, 15) is 21.6 Å². The molecule has 0 saturated carbocycles. The number of hydrogen-bond donors (Lipinski definition) is 2. The van der Waals surface area contributed by atoms with Gasteiger partial charge in [0, 0.05) is 19.6 Å². The molecular formula is C11H17F3N4O2S. The number of rotatable bonds is 3. The van der Waals surface area contributed by atoms with Crippen molar-refractivity contribution in [1.82, 2.24) is 14.5 Å². The number of alkyl halides is 3. The van der Waals surface area contributed by atoms with Crippen molar-refractivity contribution < 1.29 is 21.6 Å². The first-order valence-corrected chi connectivity index (χ1v) is 7.92. The number of hydrogen-bond acceptors (Lipinski definition) is 4. The third kappa shape index (κ3) is 3.06. The SMILES string of the molecule is Cc1[nH]nc(CN)c1S(=O)(=O)N1CCCC(C(F)(F)F)C1. The summed E-state index contributed by atoms with van der Waals surface area (Å²) >= 11 is 0. The number of aryl methyl sites for hydroxylation is 1. The first kappa shape index (κ1) is 16.2. The highest BCUT2D eigenvalue weighted by molar-refractivity contribution is 7.89. The van der Waals surface area contributed by atoms with E-state index in [-0.39, 0.29) is 42.2 Å². The van der Waals surface area contributed by atoms with Crippen LogP contribution in [-0.2, 0) is 16.6 Å². The molecule has 1 aliphatic heterocycles. The number of sulfonamides is 1. The van der Waals surface area contributed by atoms with Crippen molar-refractivity contribution in [2.75, 3.05) is 13.1 Å². The van der Waals surface area contributed by atoms with Crippen molar-refractivity contribution in [2.24, 2.45) is 11.7 Å². The van der Waals surface area contributed by atoms with E-state index in [1.807, 2.05) is 0 Å². The Balaban J connectivity index is 2.33. The van der Waals surface area contributed by atoms with Crippen molar-refractivity contribution in [3.05, 3.63) is 11.4 Å². The Hall–Kier alpha value is -1.13. The molecule has 2 heterocycles. The number of H-pyrrole nitrogens is 1. The van der Waals surface area contributed by atoms with Gasteiger partial charge in [-0.15, -0.1) is 0 Å². The molecule has 1 atom stereocenters. The molecule has 0 bridgehead atoms. The molecule has 0 aliphatic carbocycles. The van der Waals surface area contributed by atoms with Crippen LogP contribution in [0.1, 0.15) is 24.2 Å². The topological polar surface area (TPSA) is 92.1 Å². The number of piperidine rings is 1. The van der Waals surface area contributed by atoms with Crippen molar-refractivity contribution in [1.29, 1.82) is 0 Å². The Morgan fingerprint density at radius 3 is 2.71 bits per heavy atom. The quantitative estimate of drug-likeness (QED) is 0.871. The van der Waals surface area contributed by atoms with E-state index in [1.54, 1.807) is 0 Å². The Kier molecular flexibility index (Phi) is 4.31. The van der Waals surface area contributed by atoms with E-state index >= 15 is 0 Å². The summed E-state index contributed by atoms with van der Waals surface area (Å²) in [6.07, 6.45) is -4.27. The van der Waals surface area contributed by atoms with Crippen LogP contribution in [0.15, 0.2) is 4.90 Å². The summed E-state index contributed by atoms with van der Waals surface area (Å²) < 4.78 is 64.4. The zero-order valence-corrected chi connectivity index (χ0v) is 12.3. The normalized spacial score (nSPS) is 21.7. The predicted molar refractivity (Wildman–Crippen MR) is 68.8 cm³/mol. The number of aromatic amines is 1. The van der Waals surface area contributed by atoms with Crippen LogP contribution in [0.3, 0.4) is 0 Å². The fraction of sp³-hybridized carbons (Fsp3) is 0.727. The van der Waals surface area contributed by atoms with Gasteiger partial charge in [0.1, 0.15) is 4.90 Å². The summed E-state index contributed by atoms with van der Waals surface area (Å²) in [4.78, 5) is -0.104. The lowest BCUT2D eigenvalue weighted by atomic mass is 9.99. The van der Waals surface area contributed by atoms with Crippen LogP contribution in [0.4, 0.5) is 13.2 Å². The zero-order chi connectivity index (χ0) is 15.8. The van der Waals surface area contributed by atoms with Gasteiger partial charge in [0.25, 0.3) is 0 Å². The molecule has 120 valence electrons. The van der Waals surface area contributed by atoms with Gasteiger partial charge in [-0.2, -0.15) is 22.6 Å². The molecule has 1 saturated heterocycles. The molecule has 2 rings (SSSR count). The summed E-state index contributed by atoms with van der Waals surface area (Å²) in [7, 11) is -4.03. The first-order valence-electron chi connectivity index (χ1n) is 6.48. The molecule has 0 spiro atoms. The highest BCUT2D eigenvalue weighted by atomic mass is 32.2. The molecule has 0 amide bonds. The van der Waals surface area contributed by atoms with Crippen molar-refractivity contribution in [2.45, 2.75) is 37.4 Å². The first-order chi connectivity index (χ1) is 9.67. The minimum atomic E-state index is -4.39. The van der Waals surface area contributed by atoms with Crippen molar-refractivity contribution >= 4 is 10.0 Å². The van der Waals surface area contributed by atoms with E-state index in [2.05, 4.69) is 10.2 Å². The maximum Gasteiger partial charge on any atom is 0.393 e. The summed E-state index contributed by atoms with van der Waals surface area (Å²) in [5, 5.41) is 6.30. The Labute approximate surface area is 120 Å². The smallest absolute Gasteiger partial charge is 0.325 e. The monoisotopic (exact) mass is 326 g/mol. The Bertz CT molecular complexity index is 611. The van der Waals surface area contributed by atoms with Gasteiger partial charge in [-0.3, -0.25) is 5.10 Å². The third-order valence-electron chi connectivity index (χ3n) is 3.60. The molecule has 6 nitrogen and oxygen atoms in total. The number of aromatic nitrogens is 2. The number of nitrogens with one attached hydrogen (secondary N) is 1. The van der Waals surface area contributed by atoms with E-state index in [0.717, 1.165) is 4.31 Å². The van der Waals surface area contributed by atoms with Gasteiger partial charge in [-0.25, -0.2) is 8.42 Å². The highest BCUT2D eigenvalue weighted by Crippen LogP contribution is 2.35. The molecule has 3 N–H and O–H groups in total. The largest absolute Gasteiger partial charge is 0.393 e. The molecule has 1 unspecified atom stereocenters. The van der Waals surface area contributed by atoms with Crippen LogP contribution in [-0.4, -0.2) is 42.2 Å². The third-order valence-corrected chi connectivity index (χ3v) is 5.67. The average Bonchev–Trinajstić information content (AvgIpc) is 2.79. The van der Waals surface area contributed by atoms with Gasteiger partial charge in [-0.1, -0.05) is 0 Å². The molecule has 1 aromatic rings. The van der Waals surface area contributed by atoms with Gasteiger partial charge in [-0.05, 0) is 19.8 Å². The van der Waals surface area contributed by atoms with Crippen LogP contribution >= 0.6 is 0 Å². The van der Waals surface area contributed by atoms with Gasteiger partial charge in [0.05, 0.1) is 17.3 Å². The van der Waals surface area contributed by atoms with E-state index in [1.165, 1.54) is 6.92 Å². The van der Waals surface area contributed by atoms with E-state index in [4.69, 9.17) is 5.73 Å². The maximum atomic E-state index is 12.8. The molecule has 0 aromatic carbocycles. The fourth-order valence-electron chi connectivity index (χ4n) is 2.51. The fourth-order valence-corrected chi connectivity index (χ4v) is 4.37. The van der Waals surface area contributed by atoms with Crippen LogP contribution < -0.4 is 5.73 Å². The molecular weight excluding hydrogens is 309 g/mol. The maximum absolute atomic E-state index is 12.8. The van der Waals surface area contributed by atoms with Crippen LogP contribution in [0.5, 0.6) is 0 Å². The predicted octanol–water partition coefficient (Wildman–Crippen LogP) is 1.14. The standard InChI is InChI=1S/C11H17F3N4O2S/c1-7-10(9(5-15)17-16-7)21(19,20)18-4-2-3-8(6-18)11(12,13)14/h8H,2-6,15H2,1H3,(H,16,17). The summed E-state index contributed by atoms with van der Waals surface area (Å²) in [6, 6.07) is 0. The summed E-state index contributed by atoms with van der Waals surface area (Å²) in [5.41, 5.74) is 5.86. The molecule has 0 radical (unpaired) electrons. The highest BCUT2D eigenvalue weighted by Gasteiger charge is 2.45. The Morgan fingerprint density at radius 1 is 1.48 bits per heavy atom. The lowest BCUT2D eigenvalue weighted by molar-refractivity contribution is -0.182. The lowest BCUT2D eigenvalue weighted by Crippen LogP contribution is -2.44. The second-order valence-electron chi connectivity index (χ2n) is 5.07. The average molecular weight is 326 g/mol. The van der Waals surface area contributed by atoms with Crippen LogP contribution in [0.25, 0.3) is 0 Å². The molecule has 21 heavy (non-hydrogen) atoms. The summed E-state index contributed by atoms with van der Waals surface area (Å²) in [6.45, 7) is 0.920. The van der Waals surface area contributed by atoms with E-state index in [0.29, 0.717) is 0 Å². The minimum absolute atomic E-state index is 0.0519. The molecule has 10 heteroatoms. The Morgan fingerprint density at radius 2 is 2.14 bits per heavy atom. The molecule has 1 aliphatic rings. The van der Waals surface area contributed by atoms with Gasteiger partial charge >= 0.3 is 6.18 Å². The van der Waals surface area contributed by atoms with Crippen LogP contribution in [0, 0.1) is 12.8 Å². The van der Waals surface area contributed by atoms with Crippen LogP contribution in [0.2, 0.25) is 0 Å². The second-order valence-corrected chi connectivity index (χ2v) is 6.95. The lowest BCUT2D eigenvalue weighted by Gasteiger charge is -2.32. The van der Waals surface area contributed by atoms with Gasteiger partial charge < -0.3 is 5.73 Å². The van der Waals surface area contributed by atoms with Gasteiger partial charge in [0.2, 0.25) is 10.0 Å². The molecule has 1 fully saturated rings. The van der Waals surface area contributed by atoms with Gasteiger partial charge in [0.15, 0.2) is 0 Å². The second kappa shape index (κ2) is 5.58. The zero-order valence-electron chi connectivity index (χ0n) is 11.4. The van der Waals surface area contributed by atoms with E-state index < -0.39 is 28.7 Å².